The molecular weight excluding hydrogens is 917 g/mol. The van der Waals surface area contributed by atoms with Crippen molar-refractivity contribution in [1.82, 2.24) is 19.8 Å². The average Bonchev–Trinajstić information content (AvgIpc) is 3.75. The van der Waals surface area contributed by atoms with Crippen LogP contribution in [0.3, 0.4) is 0 Å². The molecule has 72 heavy (non-hydrogen) atoms. The molecule has 0 bridgehead atoms. The minimum absolute atomic E-state index is 0.0455. The molecule has 16 heteroatoms. The Morgan fingerprint density at radius 2 is 1.47 bits per heavy atom. The summed E-state index contributed by atoms with van der Waals surface area (Å²) < 4.78 is 24.0. The van der Waals surface area contributed by atoms with Gasteiger partial charge in [-0.2, -0.15) is 0 Å². The summed E-state index contributed by atoms with van der Waals surface area (Å²) >= 11 is 0. The van der Waals surface area contributed by atoms with Crippen molar-refractivity contribution in [3.05, 3.63) is 149 Å². The smallest absolute Gasteiger partial charge is 0.421 e. The second-order valence-corrected chi connectivity index (χ2v) is 18.9. The van der Waals surface area contributed by atoms with Crippen LogP contribution in [-0.2, 0) is 34.0 Å². The fourth-order valence-electron chi connectivity index (χ4n) is 11.6. The predicted molar refractivity (Wildman–Crippen MR) is 265 cm³/mol. The number of benzene rings is 4. The number of anilines is 2. The largest absolute Gasteiger partial charge is 0.491 e. The second-order valence-electron chi connectivity index (χ2n) is 18.9. The molecule has 0 unspecified atom stereocenters. The fourth-order valence-corrected chi connectivity index (χ4v) is 11.6. The lowest BCUT2D eigenvalue weighted by Crippen LogP contribution is -2.59. The van der Waals surface area contributed by atoms with Crippen LogP contribution < -0.4 is 14.5 Å². The van der Waals surface area contributed by atoms with E-state index in [0.29, 0.717) is 54.3 Å². The first-order valence-corrected chi connectivity index (χ1v) is 24.8. The number of hydrogen-bond acceptors (Lipinski definition) is 14. The molecule has 3 saturated heterocycles. The number of methoxy groups -OCH3 is 1. The molecule has 4 aliphatic heterocycles. The number of rotatable bonds is 11. The van der Waals surface area contributed by atoms with Crippen LogP contribution in [0.25, 0.3) is 0 Å². The van der Waals surface area contributed by atoms with Gasteiger partial charge in [0, 0.05) is 56.8 Å². The molecule has 1 spiro atoms. The molecule has 5 heterocycles. The molecule has 1 aliphatic carbocycles. The maximum absolute atomic E-state index is 16.7. The summed E-state index contributed by atoms with van der Waals surface area (Å²) in [4.78, 5) is 79.0. The summed E-state index contributed by atoms with van der Waals surface area (Å²) in [5.74, 6) is 3.64. The first-order chi connectivity index (χ1) is 35.2. The van der Waals surface area contributed by atoms with E-state index in [2.05, 4.69) is 21.8 Å². The molecule has 10 rings (SSSR count). The number of aliphatic hydroxyl groups is 2. The summed E-state index contributed by atoms with van der Waals surface area (Å²) in [5, 5.41) is 21.9. The molecule has 1 saturated carbocycles. The van der Waals surface area contributed by atoms with E-state index < -0.39 is 65.0 Å². The van der Waals surface area contributed by atoms with Crippen LogP contribution in [0.2, 0.25) is 0 Å². The van der Waals surface area contributed by atoms with Crippen LogP contribution >= 0.6 is 0 Å². The number of para-hydroxylation sites is 1. The van der Waals surface area contributed by atoms with Gasteiger partial charge in [0.25, 0.3) is 0 Å². The third-order valence-corrected chi connectivity index (χ3v) is 14.8. The van der Waals surface area contributed by atoms with E-state index in [1.807, 2.05) is 70.5 Å². The number of hydrogen-bond donors (Lipinski definition) is 2. The third kappa shape index (κ3) is 8.84. The topological polar surface area (TPSA) is 184 Å². The highest BCUT2D eigenvalue weighted by atomic mass is 16.6. The molecule has 4 fully saturated rings. The Kier molecular flexibility index (Phi) is 14.1. The van der Waals surface area contributed by atoms with Gasteiger partial charge in [0.2, 0.25) is 17.8 Å². The van der Waals surface area contributed by atoms with E-state index in [-0.39, 0.29) is 50.8 Å². The number of esters is 1. The van der Waals surface area contributed by atoms with Crippen molar-refractivity contribution in [3.63, 3.8) is 0 Å². The van der Waals surface area contributed by atoms with Gasteiger partial charge in [0.05, 0.1) is 36.9 Å². The van der Waals surface area contributed by atoms with Gasteiger partial charge in [-0.1, -0.05) is 104 Å². The highest BCUT2D eigenvalue weighted by Gasteiger charge is 2.76. The number of ether oxygens (including phenoxy) is 4. The van der Waals surface area contributed by atoms with Crippen molar-refractivity contribution >= 4 is 35.5 Å². The van der Waals surface area contributed by atoms with Crippen LogP contribution in [-0.4, -0.2) is 125 Å². The second kappa shape index (κ2) is 20.9. The van der Waals surface area contributed by atoms with E-state index in [1.165, 1.54) is 7.11 Å². The van der Waals surface area contributed by atoms with E-state index in [1.54, 1.807) is 65.8 Å². The molecule has 5 aromatic rings. The van der Waals surface area contributed by atoms with Gasteiger partial charge < -0.3 is 39.0 Å². The average molecular weight is 975 g/mol. The number of cyclic esters (lactones) is 1. The van der Waals surface area contributed by atoms with Gasteiger partial charge in [-0.3, -0.25) is 19.3 Å². The molecule has 3 amide bonds. The summed E-state index contributed by atoms with van der Waals surface area (Å²) in [6, 6.07) is 29.3. The van der Waals surface area contributed by atoms with Crippen molar-refractivity contribution in [2.75, 3.05) is 69.5 Å². The Morgan fingerprint density at radius 1 is 0.792 bits per heavy atom. The van der Waals surface area contributed by atoms with Gasteiger partial charge >= 0.3 is 12.1 Å². The quantitative estimate of drug-likeness (QED) is 0.0672. The molecule has 1 aromatic heterocycles. The van der Waals surface area contributed by atoms with E-state index in [4.69, 9.17) is 18.9 Å². The zero-order valence-electron chi connectivity index (χ0n) is 40.2. The Balaban J connectivity index is 1.25. The molecule has 372 valence electrons. The van der Waals surface area contributed by atoms with Gasteiger partial charge in [-0.05, 0) is 72.7 Å². The first-order valence-electron chi connectivity index (χ1n) is 24.8. The minimum Gasteiger partial charge on any atom is -0.491 e. The molecule has 0 radical (unpaired) electrons. The van der Waals surface area contributed by atoms with Crippen LogP contribution in [0, 0.1) is 17.8 Å². The van der Waals surface area contributed by atoms with Gasteiger partial charge in [0.1, 0.15) is 42.1 Å². The van der Waals surface area contributed by atoms with Crippen molar-refractivity contribution in [2.45, 2.75) is 73.8 Å². The Bertz CT molecular complexity index is 2830. The summed E-state index contributed by atoms with van der Waals surface area (Å²) in [5.41, 5.74) is -0.674. The lowest BCUT2D eigenvalue weighted by Gasteiger charge is -2.46. The number of imide groups is 1. The van der Waals surface area contributed by atoms with Gasteiger partial charge in [-0.25, -0.2) is 19.7 Å². The minimum atomic E-state index is -2.11. The summed E-state index contributed by atoms with van der Waals surface area (Å²) in [6.07, 6.45) is 6.01. The number of aromatic nitrogens is 2. The SMILES string of the molecule is COCCOC(=O)N1C(=O)[C@@]2(c3cc(C#CC4(O)CCCCCC4)ccc31)[C@H](c1ccccc1OCCO)N1[C@H](c3ccccc3)[C@H](c3ccccc3)OC(=O)[C@H]1[C@@H]2C(=O)N1CCN(c2ncccn2)CC1. The van der Waals surface area contributed by atoms with Crippen molar-refractivity contribution < 1.29 is 48.3 Å². The number of fused-ring (bicyclic) bond motifs is 3. The Hall–Kier alpha value is -7.16. The summed E-state index contributed by atoms with van der Waals surface area (Å²) in [7, 11) is 1.47. The van der Waals surface area contributed by atoms with E-state index >= 15 is 14.4 Å². The lowest BCUT2D eigenvalue weighted by molar-refractivity contribution is -0.179. The van der Waals surface area contributed by atoms with Gasteiger partial charge in [-0.15, -0.1) is 0 Å². The standard InChI is InChI=1S/C56H58N6O10/c1-69-35-36-71-54(67)61-43-22-21-38(23-26-55(68)24-12-2-3-13-25-55)37-42(43)56(52(61)66)45(50(64)59-29-31-60(32-30-59)53-57-27-14-28-58-53)47-51(65)72-48(40-17-8-5-9-18-40)46(39-15-6-4-7-16-39)62(47)49(56)41-19-10-11-20-44(41)70-34-33-63/h4-11,14-22,27-28,37,45-49,63,68H,2-3,12-13,24-25,29-36H2,1H3/t45-,46-,47-,48+,49+,56-/m1/s1. The number of carbonyl (C=O) groups is 4. The maximum Gasteiger partial charge on any atom is 0.421 e. The lowest BCUT2D eigenvalue weighted by atomic mass is 9.64. The zero-order valence-corrected chi connectivity index (χ0v) is 40.2. The van der Waals surface area contributed by atoms with Gasteiger partial charge in [0.15, 0.2) is 0 Å². The monoisotopic (exact) mass is 974 g/mol. The molecular formula is C56H58N6O10. The highest BCUT2D eigenvalue weighted by molar-refractivity contribution is 6.23. The summed E-state index contributed by atoms with van der Waals surface area (Å²) in [6.45, 7) is 0.503. The van der Waals surface area contributed by atoms with Crippen LogP contribution in [0.15, 0.2) is 122 Å². The molecule has 5 aliphatic rings. The van der Waals surface area contributed by atoms with Crippen LogP contribution in [0.1, 0.15) is 84.5 Å². The molecule has 6 atom stereocenters. The van der Waals surface area contributed by atoms with Crippen LogP contribution in [0.4, 0.5) is 16.4 Å². The normalized spacial score (nSPS) is 24.7. The zero-order chi connectivity index (χ0) is 49.8. The number of carbonyl (C=O) groups excluding carboxylic acids is 4. The van der Waals surface area contributed by atoms with Crippen molar-refractivity contribution in [1.29, 1.82) is 0 Å². The number of aliphatic hydroxyl groups excluding tert-OH is 1. The number of nitrogens with zero attached hydrogens (tertiary/aromatic N) is 6. The van der Waals surface area contributed by atoms with Crippen molar-refractivity contribution in [2.24, 2.45) is 5.92 Å². The highest BCUT2D eigenvalue weighted by Crippen LogP contribution is 2.67. The van der Waals surface area contributed by atoms with E-state index in [9.17, 15) is 15.0 Å². The predicted octanol–water partition coefficient (Wildman–Crippen LogP) is 6.08. The van der Waals surface area contributed by atoms with Crippen molar-refractivity contribution in [3.8, 4) is 17.6 Å². The van der Waals surface area contributed by atoms with Crippen LogP contribution in [0.5, 0.6) is 5.75 Å². The third-order valence-electron chi connectivity index (χ3n) is 14.8. The molecule has 4 aromatic carbocycles. The number of piperazine rings is 1. The molecule has 16 nitrogen and oxygen atoms in total. The molecule has 2 N–H and O–H groups in total. The Morgan fingerprint density at radius 3 is 2.17 bits per heavy atom. The fraction of sp³-hybridized carbons (Fsp3) is 0.393. The number of morpholine rings is 1. The first kappa shape index (κ1) is 48.5. The number of amides is 3. The van der Waals surface area contributed by atoms with E-state index in [0.717, 1.165) is 36.1 Å². The Labute approximate surface area is 418 Å². The maximum atomic E-state index is 16.7.